The molecule has 0 aliphatic carbocycles. The smallest absolute Gasteiger partial charge is 0.243 e. The third-order valence-corrected chi connectivity index (χ3v) is 4.12. The molecule has 0 bridgehead atoms. The van der Waals surface area contributed by atoms with Gasteiger partial charge in [-0.3, -0.25) is 4.79 Å². The van der Waals surface area contributed by atoms with Crippen LogP contribution in [-0.2, 0) is 17.8 Å². The van der Waals surface area contributed by atoms with Crippen molar-refractivity contribution < 1.29 is 4.79 Å². The molecule has 21 heavy (non-hydrogen) atoms. The van der Waals surface area contributed by atoms with Crippen molar-refractivity contribution in [2.45, 2.75) is 25.9 Å². The number of rotatable bonds is 2. The predicted molar refractivity (Wildman–Crippen MR) is 86.1 cm³/mol. The molecule has 1 atom stereocenters. The van der Waals surface area contributed by atoms with Gasteiger partial charge in [0.2, 0.25) is 5.91 Å². The number of pyridine rings is 1. The number of fused-ring (bicyclic) bond motifs is 1. The highest BCUT2D eigenvalue weighted by Crippen LogP contribution is 2.19. The molecule has 0 saturated carbocycles. The number of benzene rings is 1. The van der Waals surface area contributed by atoms with Gasteiger partial charge in [0.05, 0.1) is 6.04 Å². The quantitative estimate of drug-likeness (QED) is 0.879. The van der Waals surface area contributed by atoms with Crippen LogP contribution in [0.2, 0.25) is 0 Å². The molecular weight excluding hydrogens is 330 g/mol. The van der Waals surface area contributed by atoms with Crippen LogP contribution in [0.4, 0.5) is 5.82 Å². The Morgan fingerprint density at radius 2 is 2.14 bits per heavy atom. The normalized spacial score (nSPS) is 17.1. The van der Waals surface area contributed by atoms with Crippen molar-refractivity contribution >= 4 is 27.7 Å². The van der Waals surface area contributed by atoms with E-state index in [2.05, 4.69) is 43.7 Å². The lowest BCUT2D eigenvalue weighted by Gasteiger charge is -2.25. The molecule has 2 heterocycles. The highest BCUT2D eigenvalue weighted by atomic mass is 79.9. The van der Waals surface area contributed by atoms with E-state index in [1.54, 1.807) is 6.20 Å². The van der Waals surface area contributed by atoms with E-state index in [1.807, 2.05) is 25.1 Å². The fourth-order valence-corrected chi connectivity index (χ4v) is 2.96. The molecule has 1 aliphatic rings. The Kier molecular flexibility index (Phi) is 4.03. The summed E-state index contributed by atoms with van der Waals surface area (Å²) in [6, 6.07) is 9.93. The van der Waals surface area contributed by atoms with Gasteiger partial charge in [-0.05, 0) is 52.0 Å². The molecule has 1 aliphatic heterocycles. The van der Waals surface area contributed by atoms with Crippen LogP contribution in [0.15, 0.2) is 41.0 Å². The third kappa shape index (κ3) is 3.14. The van der Waals surface area contributed by atoms with Gasteiger partial charge in [-0.25, -0.2) is 4.98 Å². The summed E-state index contributed by atoms with van der Waals surface area (Å²) in [4.78, 5) is 16.6. The molecule has 2 N–H and O–H groups in total. The molecule has 0 spiro atoms. The van der Waals surface area contributed by atoms with E-state index in [9.17, 15) is 4.79 Å². The number of amides is 1. The van der Waals surface area contributed by atoms with Crippen LogP contribution in [-0.4, -0.2) is 16.9 Å². The second-order valence-electron chi connectivity index (χ2n) is 5.21. The van der Waals surface area contributed by atoms with E-state index in [0.717, 1.165) is 16.6 Å². The molecule has 0 fully saturated rings. The number of carbonyl (C=O) groups excluding carboxylic acids is 1. The van der Waals surface area contributed by atoms with Crippen LogP contribution >= 0.6 is 15.9 Å². The van der Waals surface area contributed by atoms with Crippen molar-refractivity contribution in [1.29, 1.82) is 0 Å². The highest BCUT2D eigenvalue weighted by Gasteiger charge is 2.24. The van der Waals surface area contributed by atoms with E-state index in [0.29, 0.717) is 12.2 Å². The van der Waals surface area contributed by atoms with Crippen LogP contribution in [0.1, 0.15) is 16.7 Å². The first kappa shape index (κ1) is 14.2. The van der Waals surface area contributed by atoms with Crippen molar-refractivity contribution in [2.24, 2.45) is 0 Å². The molecule has 1 amide bonds. The first-order valence-corrected chi connectivity index (χ1v) is 7.66. The number of aromatic nitrogens is 1. The Balaban J connectivity index is 1.72. The van der Waals surface area contributed by atoms with Crippen molar-refractivity contribution in [2.75, 3.05) is 5.32 Å². The Morgan fingerprint density at radius 1 is 1.38 bits per heavy atom. The average Bonchev–Trinajstić information content (AvgIpc) is 2.49. The highest BCUT2D eigenvalue weighted by molar-refractivity contribution is 9.10. The summed E-state index contributed by atoms with van der Waals surface area (Å²) < 4.78 is 0.905. The fourth-order valence-electron chi connectivity index (χ4n) is 2.51. The fraction of sp³-hybridized carbons (Fsp3) is 0.250. The first-order valence-electron chi connectivity index (χ1n) is 6.86. The lowest BCUT2D eigenvalue weighted by Crippen LogP contribution is -2.44. The SMILES string of the molecule is Cc1cc(Br)cnc1NC(=O)[C@@H]1Cc2ccccc2CN1. The topological polar surface area (TPSA) is 54.0 Å². The van der Waals surface area contributed by atoms with Gasteiger partial charge in [0.15, 0.2) is 0 Å². The van der Waals surface area contributed by atoms with Crippen molar-refractivity contribution in [3.05, 3.63) is 57.7 Å². The van der Waals surface area contributed by atoms with Gasteiger partial charge in [0.25, 0.3) is 0 Å². The number of carbonyl (C=O) groups is 1. The number of halogens is 1. The molecule has 0 radical (unpaired) electrons. The van der Waals surface area contributed by atoms with Gasteiger partial charge in [-0.1, -0.05) is 24.3 Å². The summed E-state index contributed by atoms with van der Waals surface area (Å²) in [5, 5.41) is 6.18. The molecule has 0 unspecified atom stereocenters. The monoisotopic (exact) mass is 345 g/mol. The van der Waals surface area contributed by atoms with E-state index in [4.69, 9.17) is 0 Å². The van der Waals surface area contributed by atoms with E-state index in [1.165, 1.54) is 11.1 Å². The number of nitrogens with zero attached hydrogens (tertiary/aromatic N) is 1. The summed E-state index contributed by atoms with van der Waals surface area (Å²) in [5.41, 5.74) is 3.44. The van der Waals surface area contributed by atoms with Crippen molar-refractivity contribution in [3.8, 4) is 0 Å². The minimum Gasteiger partial charge on any atom is -0.309 e. The van der Waals surface area contributed by atoms with Gasteiger partial charge < -0.3 is 10.6 Å². The summed E-state index contributed by atoms with van der Waals surface area (Å²) in [7, 11) is 0. The van der Waals surface area contributed by atoms with Gasteiger partial charge in [-0.15, -0.1) is 0 Å². The number of hydrogen-bond acceptors (Lipinski definition) is 3. The lowest BCUT2D eigenvalue weighted by molar-refractivity contribution is -0.118. The van der Waals surface area contributed by atoms with Crippen LogP contribution in [0.5, 0.6) is 0 Å². The molecular formula is C16H16BrN3O. The second-order valence-corrected chi connectivity index (χ2v) is 6.13. The zero-order chi connectivity index (χ0) is 14.8. The Morgan fingerprint density at radius 3 is 2.90 bits per heavy atom. The molecule has 0 saturated heterocycles. The van der Waals surface area contributed by atoms with Gasteiger partial charge in [0, 0.05) is 17.2 Å². The number of anilines is 1. The van der Waals surface area contributed by atoms with Crippen molar-refractivity contribution in [3.63, 3.8) is 0 Å². The predicted octanol–water partition coefficient (Wildman–Crippen LogP) is 2.81. The van der Waals surface area contributed by atoms with Gasteiger partial charge in [0.1, 0.15) is 5.82 Å². The van der Waals surface area contributed by atoms with Crippen LogP contribution in [0.3, 0.4) is 0 Å². The molecule has 5 heteroatoms. The maximum absolute atomic E-state index is 12.4. The van der Waals surface area contributed by atoms with E-state index in [-0.39, 0.29) is 11.9 Å². The minimum atomic E-state index is -0.218. The molecule has 108 valence electrons. The Bertz CT molecular complexity index is 687. The van der Waals surface area contributed by atoms with Crippen LogP contribution < -0.4 is 10.6 Å². The molecule has 4 nitrogen and oxygen atoms in total. The zero-order valence-corrected chi connectivity index (χ0v) is 13.3. The molecule has 3 rings (SSSR count). The molecule has 1 aromatic carbocycles. The van der Waals surface area contributed by atoms with Crippen molar-refractivity contribution in [1.82, 2.24) is 10.3 Å². The summed E-state index contributed by atoms with van der Waals surface area (Å²) in [6.07, 6.45) is 2.39. The van der Waals surface area contributed by atoms with E-state index >= 15 is 0 Å². The third-order valence-electron chi connectivity index (χ3n) is 3.68. The Labute approximate surface area is 132 Å². The Hall–Kier alpha value is -1.72. The summed E-state index contributed by atoms with van der Waals surface area (Å²) >= 11 is 3.37. The second kappa shape index (κ2) is 5.95. The molecule has 2 aromatic rings. The largest absolute Gasteiger partial charge is 0.309 e. The summed E-state index contributed by atoms with van der Waals surface area (Å²) in [6.45, 7) is 2.65. The zero-order valence-electron chi connectivity index (χ0n) is 11.7. The first-order chi connectivity index (χ1) is 10.1. The number of hydrogen-bond donors (Lipinski definition) is 2. The number of nitrogens with one attached hydrogen (secondary N) is 2. The van der Waals surface area contributed by atoms with Gasteiger partial charge in [-0.2, -0.15) is 0 Å². The van der Waals surface area contributed by atoms with Crippen LogP contribution in [0.25, 0.3) is 0 Å². The van der Waals surface area contributed by atoms with Gasteiger partial charge >= 0.3 is 0 Å². The summed E-state index contributed by atoms with van der Waals surface area (Å²) in [5.74, 6) is 0.575. The minimum absolute atomic E-state index is 0.0394. The number of aryl methyl sites for hydroxylation is 1. The average molecular weight is 346 g/mol. The van der Waals surface area contributed by atoms with E-state index < -0.39 is 0 Å². The standard InChI is InChI=1S/C16H16BrN3O/c1-10-6-13(17)9-19-15(10)20-16(21)14-7-11-4-2-3-5-12(11)8-18-14/h2-6,9,14,18H,7-8H2,1H3,(H,19,20,21)/t14-/m0/s1. The maximum Gasteiger partial charge on any atom is 0.243 e. The molecule has 1 aromatic heterocycles. The lowest BCUT2D eigenvalue weighted by atomic mass is 9.95. The van der Waals surface area contributed by atoms with Crippen LogP contribution in [0, 0.1) is 6.92 Å². The maximum atomic E-state index is 12.4.